The van der Waals surface area contributed by atoms with Gasteiger partial charge in [-0.3, -0.25) is 4.90 Å². The third-order valence-corrected chi connectivity index (χ3v) is 4.14. The van der Waals surface area contributed by atoms with Crippen molar-refractivity contribution in [1.29, 1.82) is 0 Å². The zero-order chi connectivity index (χ0) is 14.0. The molecule has 1 aromatic carbocycles. The van der Waals surface area contributed by atoms with Gasteiger partial charge in [-0.15, -0.1) is 0 Å². The zero-order valence-electron chi connectivity index (χ0n) is 11.8. The van der Waals surface area contributed by atoms with Crippen LogP contribution in [-0.4, -0.2) is 30.6 Å². The van der Waals surface area contributed by atoms with E-state index in [-0.39, 0.29) is 0 Å². The molecule has 1 atom stereocenters. The van der Waals surface area contributed by atoms with Gasteiger partial charge in [-0.2, -0.15) is 0 Å². The molecule has 1 saturated heterocycles. The van der Waals surface area contributed by atoms with Crippen molar-refractivity contribution in [2.45, 2.75) is 25.8 Å². The summed E-state index contributed by atoms with van der Waals surface area (Å²) < 4.78 is 0. The Kier molecular flexibility index (Phi) is 4.67. The van der Waals surface area contributed by atoms with Gasteiger partial charge in [0, 0.05) is 36.6 Å². The van der Waals surface area contributed by atoms with E-state index in [1.165, 1.54) is 11.1 Å². The molecule has 2 rings (SSSR count). The second kappa shape index (κ2) is 6.08. The highest BCUT2D eigenvalue weighted by Gasteiger charge is 2.28. The number of halogens is 1. The van der Waals surface area contributed by atoms with E-state index in [4.69, 9.17) is 17.3 Å². The molecule has 1 aromatic rings. The summed E-state index contributed by atoms with van der Waals surface area (Å²) in [5.74, 6) is 0.848. The molecule has 0 radical (unpaired) electrons. The van der Waals surface area contributed by atoms with Gasteiger partial charge in [-0.05, 0) is 23.6 Å². The molecule has 0 aromatic heterocycles. The van der Waals surface area contributed by atoms with Crippen molar-refractivity contribution in [3.05, 3.63) is 47.0 Å². The molecule has 0 bridgehead atoms. The molecule has 1 aliphatic rings. The van der Waals surface area contributed by atoms with Crippen LogP contribution in [0.4, 0.5) is 0 Å². The van der Waals surface area contributed by atoms with E-state index in [0.29, 0.717) is 17.9 Å². The standard InChI is InChI=1S/C16H23ClN2/c1-11(2)12(3)16(10-19-8-15(18)9-19)13-4-6-14(17)7-5-13/h4-7,11,15-16H,3,8-10,18H2,1-2H3/t16-/m1/s1. The van der Waals surface area contributed by atoms with Crippen LogP contribution in [0.25, 0.3) is 0 Å². The molecule has 0 saturated carbocycles. The Morgan fingerprint density at radius 1 is 1.37 bits per heavy atom. The van der Waals surface area contributed by atoms with Gasteiger partial charge >= 0.3 is 0 Å². The Morgan fingerprint density at radius 2 is 1.95 bits per heavy atom. The van der Waals surface area contributed by atoms with E-state index in [1.54, 1.807) is 0 Å². The molecule has 1 heterocycles. The number of benzene rings is 1. The quantitative estimate of drug-likeness (QED) is 0.838. The molecule has 104 valence electrons. The van der Waals surface area contributed by atoms with Gasteiger partial charge in [0.2, 0.25) is 0 Å². The minimum absolute atomic E-state index is 0.346. The first kappa shape index (κ1) is 14.6. The fourth-order valence-electron chi connectivity index (χ4n) is 2.55. The fraction of sp³-hybridized carbons (Fsp3) is 0.500. The first-order chi connectivity index (χ1) is 8.97. The van der Waals surface area contributed by atoms with E-state index >= 15 is 0 Å². The van der Waals surface area contributed by atoms with E-state index in [0.717, 1.165) is 24.7 Å². The smallest absolute Gasteiger partial charge is 0.0406 e. The Labute approximate surface area is 121 Å². The fourth-order valence-corrected chi connectivity index (χ4v) is 2.68. The summed E-state index contributed by atoms with van der Waals surface area (Å²) in [5.41, 5.74) is 8.43. The number of hydrogen-bond donors (Lipinski definition) is 1. The van der Waals surface area contributed by atoms with Gasteiger partial charge in [-0.25, -0.2) is 0 Å². The molecule has 1 aliphatic heterocycles. The largest absolute Gasteiger partial charge is 0.325 e. The van der Waals surface area contributed by atoms with E-state index in [1.807, 2.05) is 12.1 Å². The molecule has 2 N–H and O–H groups in total. The van der Waals surface area contributed by atoms with Crippen LogP contribution in [-0.2, 0) is 0 Å². The monoisotopic (exact) mass is 278 g/mol. The van der Waals surface area contributed by atoms with Crippen LogP contribution >= 0.6 is 11.6 Å². The average Bonchev–Trinajstić information content (AvgIpc) is 2.33. The molecular weight excluding hydrogens is 256 g/mol. The van der Waals surface area contributed by atoms with E-state index in [2.05, 4.69) is 37.5 Å². The number of nitrogens with two attached hydrogens (primary N) is 1. The van der Waals surface area contributed by atoms with Gasteiger partial charge in [-0.1, -0.05) is 49.7 Å². The molecule has 1 fully saturated rings. The lowest BCUT2D eigenvalue weighted by Crippen LogP contribution is -2.56. The highest BCUT2D eigenvalue weighted by molar-refractivity contribution is 6.30. The van der Waals surface area contributed by atoms with Crippen LogP contribution in [0.2, 0.25) is 5.02 Å². The lowest BCUT2D eigenvalue weighted by atomic mass is 9.84. The molecule has 0 unspecified atom stereocenters. The van der Waals surface area contributed by atoms with Gasteiger partial charge < -0.3 is 5.73 Å². The second-order valence-electron chi connectivity index (χ2n) is 5.81. The minimum atomic E-state index is 0.346. The van der Waals surface area contributed by atoms with E-state index < -0.39 is 0 Å². The maximum Gasteiger partial charge on any atom is 0.0406 e. The number of likely N-dealkylation sites (tertiary alicyclic amines) is 1. The van der Waals surface area contributed by atoms with Crippen molar-refractivity contribution in [1.82, 2.24) is 4.90 Å². The van der Waals surface area contributed by atoms with Crippen molar-refractivity contribution in [2.24, 2.45) is 11.7 Å². The van der Waals surface area contributed by atoms with E-state index in [9.17, 15) is 0 Å². The van der Waals surface area contributed by atoms with Crippen molar-refractivity contribution >= 4 is 11.6 Å². The number of rotatable bonds is 5. The van der Waals surface area contributed by atoms with Crippen LogP contribution in [0.5, 0.6) is 0 Å². The molecule has 19 heavy (non-hydrogen) atoms. The predicted molar refractivity (Wildman–Crippen MR) is 82.6 cm³/mol. The Bertz CT molecular complexity index is 433. The van der Waals surface area contributed by atoms with Crippen molar-refractivity contribution in [3.63, 3.8) is 0 Å². The van der Waals surface area contributed by atoms with Crippen LogP contribution in [0.3, 0.4) is 0 Å². The molecule has 3 heteroatoms. The van der Waals surface area contributed by atoms with Gasteiger partial charge in [0.05, 0.1) is 0 Å². The van der Waals surface area contributed by atoms with Crippen LogP contribution < -0.4 is 5.73 Å². The van der Waals surface area contributed by atoms with Gasteiger partial charge in [0.15, 0.2) is 0 Å². The molecule has 0 spiro atoms. The van der Waals surface area contributed by atoms with Crippen molar-refractivity contribution in [3.8, 4) is 0 Å². The topological polar surface area (TPSA) is 29.3 Å². The molecule has 2 nitrogen and oxygen atoms in total. The number of nitrogens with zero attached hydrogens (tertiary/aromatic N) is 1. The predicted octanol–water partition coefficient (Wildman–Crippen LogP) is 3.28. The third kappa shape index (κ3) is 3.59. The van der Waals surface area contributed by atoms with Gasteiger partial charge in [0.25, 0.3) is 0 Å². The normalized spacial score (nSPS) is 18.4. The molecule has 0 amide bonds. The summed E-state index contributed by atoms with van der Waals surface area (Å²) in [6.45, 7) is 11.7. The second-order valence-corrected chi connectivity index (χ2v) is 6.25. The lowest BCUT2D eigenvalue weighted by molar-refractivity contribution is 0.144. The molecular formula is C16H23ClN2. The molecule has 0 aliphatic carbocycles. The summed E-state index contributed by atoms with van der Waals surface area (Å²) in [6, 6.07) is 8.48. The Hall–Kier alpha value is -0.830. The van der Waals surface area contributed by atoms with Crippen LogP contribution in [0, 0.1) is 5.92 Å². The highest BCUT2D eigenvalue weighted by Crippen LogP contribution is 2.31. The minimum Gasteiger partial charge on any atom is -0.325 e. The first-order valence-electron chi connectivity index (χ1n) is 6.89. The highest BCUT2D eigenvalue weighted by atomic mass is 35.5. The number of hydrogen-bond acceptors (Lipinski definition) is 2. The average molecular weight is 279 g/mol. The van der Waals surface area contributed by atoms with Crippen molar-refractivity contribution < 1.29 is 0 Å². The summed E-state index contributed by atoms with van der Waals surface area (Å²) in [7, 11) is 0. The van der Waals surface area contributed by atoms with Crippen LogP contribution in [0.1, 0.15) is 25.3 Å². The Balaban J connectivity index is 2.13. The third-order valence-electron chi connectivity index (χ3n) is 3.89. The summed E-state index contributed by atoms with van der Waals surface area (Å²) >= 11 is 5.97. The van der Waals surface area contributed by atoms with Gasteiger partial charge in [0.1, 0.15) is 0 Å². The van der Waals surface area contributed by atoms with Crippen molar-refractivity contribution in [2.75, 3.05) is 19.6 Å². The summed E-state index contributed by atoms with van der Waals surface area (Å²) in [6.07, 6.45) is 0. The first-order valence-corrected chi connectivity index (χ1v) is 7.27. The SMILES string of the molecule is C=C(C(C)C)[C@@H](CN1CC(N)C1)c1ccc(Cl)cc1. The summed E-state index contributed by atoms with van der Waals surface area (Å²) in [5, 5.41) is 0.781. The Morgan fingerprint density at radius 3 is 2.42 bits per heavy atom. The lowest BCUT2D eigenvalue weighted by Gasteiger charge is -2.40. The maximum atomic E-state index is 5.97. The van der Waals surface area contributed by atoms with Crippen LogP contribution in [0.15, 0.2) is 36.4 Å². The maximum absolute atomic E-state index is 5.97. The zero-order valence-corrected chi connectivity index (χ0v) is 12.5. The summed E-state index contributed by atoms with van der Waals surface area (Å²) in [4.78, 5) is 2.40.